The van der Waals surface area contributed by atoms with Crippen LogP contribution in [0.4, 0.5) is 0 Å². The summed E-state index contributed by atoms with van der Waals surface area (Å²) in [5.41, 5.74) is 5.07. The first kappa shape index (κ1) is 15.6. The molecule has 0 radical (unpaired) electrons. The van der Waals surface area contributed by atoms with Crippen molar-refractivity contribution in [2.24, 2.45) is 11.7 Å². The van der Waals surface area contributed by atoms with Gasteiger partial charge in [0.25, 0.3) is 5.91 Å². The van der Waals surface area contributed by atoms with Crippen LogP contribution >= 0.6 is 0 Å². The summed E-state index contributed by atoms with van der Waals surface area (Å²) in [6, 6.07) is 2.59. The van der Waals surface area contributed by atoms with Gasteiger partial charge in [-0.05, 0) is 18.1 Å². The lowest BCUT2D eigenvalue weighted by Gasteiger charge is -2.23. The SMILES string of the molecule is CC(C)CN(CC(N)=O)C(=O)c1ccnc(C(=O)O)c1. The molecule has 7 nitrogen and oxygen atoms in total. The highest BCUT2D eigenvalue weighted by atomic mass is 16.4. The van der Waals surface area contributed by atoms with E-state index in [0.29, 0.717) is 6.54 Å². The van der Waals surface area contributed by atoms with E-state index in [0.717, 1.165) is 0 Å². The lowest BCUT2D eigenvalue weighted by Crippen LogP contribution is -2.40. The van der Waals surface area contributed by atoms with E-state index < -0.39 is 17.8 Å². The maximum atomic E-state index is 12.3. The molecular formula is C13H17N3O4. The highest BCUT2D eigenvalue weighted by Crippen LogP contribution is 2.09. The quantitative estimate of drug-likeness (QED) is 0.780. The summed E-state index contributed by atoms with van der Waals surface area (Å²) in [7, 11) is 0. The highest BCUT2D eigenvalue weighted by Gasteiger charge is 2.20. The molecule has 2 amide bonds. The monoisotopic (exact) mass is 279 g/mol. The average Bonchev–Trinajstić information content (AvgIpc) is 2.36. The van der Waals surface area contributed by atoms with Crippen LogP contribution in [0.2, 0.25) is 0 Å². The van der Waals surface area contributed by atoms with Gasteiger partial charge in [-0.15, -0.1) is 0 Å². The summed E-state index contributed by atoms with van der Waals surface area (Å²) in [6.07, 6.45) is 1.24. The van der Waals surface area contributed by atoms with E-state index in [4.69, 9.17) is 10.8 Å². The van der Waals surface area contributed by atoms with Gasteiger partial charge in [-0.2, -0.15) is 0 Å². The maximum absolute atomic E-state index is 12.3. The van der Waals surface area contributed by atoms with Crippen LogP contribution in [-0.2, 0) is 4.79 Å². The van der Waals surface area contributed by atoms with Gasteiger partial charge in [-0.3, -0.25) is 9.59 Å². The Balaban J connectivity index is 3.01. The molecule has 1 heterocycles. The summed E-state index contributed by atoms with van der Waals surface area (Å²) in [6.45, 7) is 3.95. The number of carboxylic acids is 1. The number of hydrogen-bond acceptors (Lipinski definition) is 4. The first-order valence-corrected chi connectivity index (χ1v) is 6.08. The molecule has 0 saturated heterocycles. The summed E-state index contributed by atoms with van der Waals surface area (Å²) in [5, 5.41) is 8.86. The smallest absolute Gasteiger partial charge is 0.354 e. The lowest BCUT2D eigenvalue weighted by atomic mass is 10.1. The Hall–Kier alpha value is -2.44. The molecule has 1 rings (SSSR count). The third-order valence-corrected chi connectivity index (χ3v) is 2.45. The van der Waals surface area contributed by atoms with Gasteiger partial charge in [0, 0.05) is 18.3 Å². The van der Waals surface area contributed by atoms with E-state index in [2.05, 4.69) is 4.98 Å². The number of pyridine rings is 1. The van der Waals surface area contributed by atoms with Crippen LogP contribution in [0.5, 0.6) is 0 Å². The fourth-order valence-electron chi connectivity index (χ4n) is 1.71. The van der Waals surface area contributed by atoms with Crippen molar-refractivity contribution in [3.8, 4) is 0 Å². The first-order chi connectivity index (χ1) is 9.31. The van der Waals surface area contributed by atoms with Gasteiger partial charge in [0.1, 0.15) is 5.69 Å². The standard InChI is InChI=1S/C13H17N3O4/c1-8(2)6-16(7-11(14)17)12(18)9-3-4-15-10(5-9)13(19)20/h3-5,8H,6-7H2,1-2H3,(H2,14,17)(H,19,20). The Morgan fingerprint density at radius 3 is 2.55 bits per heavy atom. The fourth-order valence-corrected chi connectivity index (χ4v) is 1.71. The average molecular weight is 279 g/mol. The zero-order valence-corrected chi connectivity index (χ0v) is 11.4. The molecule has 1 aromatic heterocycles. The van der Waals surface area contributed by atoms with E-state index in [9.17, 15) is 14.4 Å². The lowest BCUT2D eigenvalue weighted by molar-refractivity contribution is -0.118. The molecule has 7 heteroatoms. The molecule has 20 heavy (non-hydrogen) atoms. The molecule has 0 aromatic carbocycles. The molecule has 108 valence electrons. The number of carbonyl (C=O) groups excluding carboxylic acids is 2. The normalized spacial score (nSPS) is 10.3. The second kappa shape index (κ2) is 6.65. The van der Waals surface area contributed by atoms with Crippen molar-refractivity contribution in [1.82, 2.24) is 9.88 Å². The summed E-state index contributed by atoms with van der Waals surface area (Å²) in [5.74, 6) is -2.13. The Bertz CT molecular complexity index is 528. The van der Waals surface area contributed by atoms with Gasteiger partial charge in [-0.1, -0.05) is 13.8 Å². The molecular weight excluding hydrogens is 262 g/mol. The fraction of sp³-hybridized carbons (Fsp3) is 0.385. The molecule has 0 atom stereocenters. The number of primary amides is 1. The van der Waals surface area contributed by atoms with Crippen LogP contribution in [0.1, 0.15) is 34.7 Å². The van der Waals surface area contributed by atoms with Crippen molar-refractivity contribution in [1.29, 1.82) is 0 Å². The minimum absolute atomic E-state index is 0.152. The van der Waals surface area contributed by atoms with E-state index >= 15 is 0 Å². The number of carboxylic acid groups (broad SMARTS) is 1. The Kier molecular flexibility index (Phi) is 5.19. The number of amides is 2. The van der Waals surface area contributed by atoms with Crippen molar-refractivity contribution < 1.29 is 19.5 Å². The van der Waals surface area contributed by atoms with Crippen molar-refractivity contribution in [3.63, 3.8) is 0 Å². The predicted octanol–water partition coefficient (Wildman–Crippen LogP) is 0.363. The van der Waals surface area contributed by atoms with Gasteiger partial charge in [0.15, 0.2) is 0 Å². The second-order valence-electron chi connectivity index (χ2n) is 4.78. The van der Waals surface area contributed by atoms with E-state index in [1.54, 1.807) is 0 Å². The minimum Gasteiger partial charge on any atom is -0.477 e. The third kappa shape index (κ3) is 4.34. The van der Waals surface area contributed by atoms with E-state index in [-0.39, 0.29) is 23.7 Å². The Labute approximate surface area is 116 Å². The van der Waals surface area contributed by atoms with Crippen molar-refractivity contribution in [3.05, 3.63) is 29.6 Å². The number of rotatable bonds is 6. The van der Waals surface area contributed by atoms with Crippen LogP contribution in [0.15, 0.2) is 18.3 Å². The first-order valence-electron chi connectivity index (χ1n) is 6.08. The van der Waals surface area contributed by atoms with Gasteiger partial charge >= 0.3 is 5.97 Å². The number of hydrogen-bond donors (Lipinski definition) is 2. The van der Waals surface area contributed by atoms with Crippen LogP contribution in [-0.4, -0.2) is 45.9 Å². The van der Waals surface area contributed by atoms with E-state index in [1.807, 2.05) is 13.8 Å². The molecule has 0 unspecified atom stereocenters. The van der Waals surface area contributed by atoms with Gasteiger partial charge in [0.05, 0.1) is 6.54 Å². The van der Waals surface area contributed by atoms with Crippen LogP contribution < -0.4 is 5.73 Å². The molecule has 0 fully saturated rings. The molecule has 0 aliphatic carbocycles. The largest absolute Gasteiger partial charge is 0.477 e. The summed E-state index contributed by atoms with van der Waals surface area (Å²) < 4.78 is 0. The molecule has 0 aliphatic heterocycles. The molecule has 0 aliphatic rings. The summed E-state index contributed by atoms with van der Waals surface area (Å²) in [4.78, 5) is 39.1. The molecule has 1 aromatic rings. The number of carbonyl (C=O) groups is 3. The molecule has 0 spiro atoms. The highest BCUT2D eigenvalue weighted by molar-refractivity contribution is 5.98. The van der Waals surface area contributed by atoms with E-state index in [1.165, 1.54) is 23.2 Å². The third-order valence-electron chi connectivity index (χ3n) is 2.45. The number of nitrogens with two attached hydrogens (primary N) is 1. The second-order valence-corrected chi connectivity index (χ2v) is 4.78. The molecule has 0 bridgehead atoms. The molecule has 0 saturated carbocycles. The number of aromatic carboxylic acids is 1. The van der Waals surface area contributed by atoms with Gasteiger partial charge < -0.3 is 15.7 Å². The van der Waals surface area contributed by atoms with Gasteiger partial charge in [-0.25, -0.2) is 9.78 Å². The van der Waals surface area contributed by atoms with Crippen LogP contribution in [0, 0.1) is 5.92 Å². The minimum atomic E-state index is -1.22. The van der Waals surface area contributed by atoms with Crippen LogP contribution in [0.25, 0.3) is 0 Å². The topological polar surface area (TPSA) is 114 Å². The van der Waals surface area contributed by atoms with Crippen molar-refractivity contribution >= 4 is 17.8 Å². The zero-order chi connectivity index (χ0) is 15.3. The molecule has 3 N–H and O–H groups in total. The predicted molar refractivity (Wildman–Crippen MR) is 71.1 cm³/mol. The number of nitrogens with zero attached hydrogens (tertiary/aromatic N) is 2. The zero-order valence-electron chi connectivity index (χ0n) is 11.4. The van der Waals surface area contributed by atoms with Gasteiger partial charge in [0.2, 0.25) is 5.91 Å². The Morgan fingerprint density at radius 1 is 1.40 bits per heavy atom. The maximum Gasteiger partial charge on any atom is 0.354 e. The van der Waals surface area contributed by atoms with Crippen LogP contribution in [0.3, 0.4) is 0 Å². The Morgan fingerprint density at radius 2 is 2.05 bits per heavy atom. The summed E-state index contributed by atoms with van der Waals surface area (Å²) >= 11 is 0. The van der Waals surface area contributed by atoms with Crippen molar-refractivity contribution in [2.45, 2.75) is 13.8 Å². The van der Waals surface area contributed by atoms with Crippen molar-refractivity contribution in [2.75, 3.05) is 13.1 Å². The number of aromatic nitrogens is 1.